The van der Waals surface area contributed by atoms with Gasteiger partial charge in [-0.15, -0.1) is 0 Å². The third-order valence-corrected chi connectivity index (χ3v) is 3.69. The van der Waals surface area contributed by atoms with Crippen molar-refractivity contribution >= 4 is 17.9 Å². The number of hydrogen-bond donors (Lipinski definition) is 5. The average molecular weight is 375 g/mol. The number of carboxylic acids is 2. The summed E-state index contributed by atoms with van der Waals surface area (Å²) in [6.07, 6.45) is 9.82. The molecule has 0 aliphatic rings. The van der Waals surface area contributed by atoms with E-state index in [1.807, 2.05) is 6.92 Å². The average Bonchev–Trinajstić information content (AvgIpc) is 2.56. The van der Waals surface area contributed by atoms with E-state index in [9.17, 15) is 9.59 Å². The molecule has 0 aromatic rings. The van der Waals surface area contributed by atoms with E-state index in [2.05, 4.69) is 17.2 Å². The Labute approximate surface area is 157 Å². The highest BCUT2D eigenvalue weighted by molar-refractivity contribution is 5.75. The largest absolute Gasteiger partial charge is 0.481 e. The number of carboxylic acid groups (broad SMARTS) is 2. The Balaban J connectivity index is 0. The number of aliphatic imine (C=N–C) groups is 1. The second-order valence-electron chi connectivity index (χ2n) is 6.16. The molecule has 0 aliphatic heterocycles. The normalized spacial score (nSPS) is 11.2. The number of likely N-dealkylation sites (N-methyl/N-ethyl adjacent to an activating group) is 1. The molecule has 0 aromatic heterocycles. The Morgan fingerprint density at radius 1 is 0.962 bits per heavy atom. The zero-order chi connectivity index (χ0) is 20.2. The molecule has 7 N–H and O–H groups in total. The highest BCUT2D eigenvalue weighted by Crippen LogP contribution is 2.07. The van der Waals surface area contributed by atoms with Crippen LogP contribution in [0.25, 0.3) is 0 Å². The van der Waals surface area contributed by atoms with Gasteiger partial charge in [0.25, 0.3) is 0 Å². The van der Waals surface area contributed by atoms with E-state index in [1.165, 1.54) is 32.1 Å². The monoisotopic (exact) mass is 374 g/mol. The Hall–Kier alpha value is -1.83. The van der Waals surface area contributed by atoms with Crippen LogP contribution in [0.15, 0.2) is 4.99 Å². The topological polar surface area (TPSA) is 151 Å². The number of rotatable bonds is 15. The number of nitrogens with two attached hydrogens (primary N) is 2. The van der Waals surface area contributed by atoms with Crippen molar-refractivity contribution in [3.8, 4) is 0 Å². The fourth-order valence-corrected chi connectivity index (χ4v) is 2.30. The van der Waals surface area contributed by atoms with Crippen molar-refractivity contribution in [1.82, 2.24) is 5.32 Å². The van der Waals surface area contributed by atoms with Crippen LogP contribution >= 0.6 is 0 Å². The van der Waals surface area contributed by atoms with Gasteiger partial charge < -0.3 is 27.0 Å². The number of nitrogens with one attached hydrogen (secondary N) is 1. The predicted octanol–water partition coefficient (Wildman–Crippen LogP) is 2.31. The second kappa shape index (κ2) is 19.5. The van der Waals surface area contributed by atoms with Crippen molar-refractivity contribution in [2.45, 2.75) is 84.1 Å². The predicted molar refractivity (Wildman–Crippen MR) is 105 cm³/mol. The van der Waals surface area contributed by atoms with Crippen LogP contribution in [0.3, 0.4) is 0 Å². The number of hydrogen-bond acceptors (Lipinski definition) is 4. The summed E-state index contributed by atoms with van der Waals surface area (Å²) in [5, 5.41) is 20.0. The van der Waals surface area contributed by atoms with Gasteiger partial charge in [-0.2, -0.15) is 0 Å². The number of guanidine groups is 1. The molecule has 0 radical (unpaired) electrons. The molecule has 0 heterocycles. The van der Waals surface area contributed by atoms with E-state index in [-0.39, 0.29) is 5.96 Å². The minimum absolute atomic E-state index is 0.0420. The van der Waals surface area contributed by atoms with Crippen molar-refractivity contribution in [1.29, 1.82) is 0 Å². The van der Waals surface area contributed by atoms with Crippen LogP contribution in [-0.2, 0) is 9.59 Å². The van der Waals surface area contributed by atoms with E-state index >= 15 is 0 Å². The SMILES string of the molecule is CCCCCCCCCC(=O)O.CCNC(CCCN=C(N)N)C(=O)O. The molecule has 0 aliphatic carbocycles. The van der Waals surface area contributed by atoms with Gasteiger partial charge in [0.1, 0.15) is 6.04 Å². The standard InChI is InChI=1S/C10H20O2.C8H18N4O2/c1-2-3-4-5-6-7-8-9-10(11)12;1-2-11-6(7(13)14)4-3-5-12-8(9)10/h2-9H2,1H3,(H,11,12);6,11H,2-5H2,1H3,(H,13,14)(H4,9,10,12). The summed E-state index contributed by atoms with van der Waals surface area (Å²) in [7, 11) is 0. The lowest BCUT2D eigenvalue weighted by Crippen LogP contribution is -2.36. The van der Waals surface area contributed by atoms with Gasteiger partial charge in [0.15, 0.2) is 5.96 Å². The molecule has 1 atom stereocenters. The first kappa shape index (κ1) is 26.4. The number of nitrogens with zero attached hydrogens (tertiary/aromatic N) is 1. The van der Waals surface area contributed by atoms with E-state index in [1.54, 1.807) is 0 Å². The lowest BCUT2D eigenvalue weighted by Gasteiger charge is -2.11. The fraction of sp³-hybridized carbons (Fsp3) is 0.833. The molecule has 0 rings (SSSR count). The van der Waals surface area contributed by atoms with Crippen LogP contribution < -0.4 is 16.8 Å². The quantitative estimate of drug-likeness (QED) is 0.167. The van der Waals surface area contributed by atoms with Gasteiger partial charge in [0.05, 0.1) is 0 Å². The van der Waals surface area contributed by atoms with E-state index in [0.29, 0.717) is 32.4 Å². The Kier molecular flexibility index (Phi) is 19.8. The maximum absolute atomic E-state index is 10.7. The fourth-order valence-electron chi connectivity index (χ4n) is 2.30. The Bertz CT molecular complexity index is 385. The molecule has 0 bridgehead atoms. The first-order valence-corrected chi connectivity index (χ1v) is 9.58. The molecule has 0 amide bonds. The third-order valence-electron chi connectivity index (χ3n) is 3.69. The number of aliphatic carboxylic acids is 2. The maximum atomic E-state index is 10.7. The van der Waals surface area contributed by atoms with Gasteiger partial charge in [0.2, 0.25) is 0 Å². The number of unbranched alkanes of at least 4 members (excludes halogenated alkanes) is 6. The summed E-state index contributed by atoms with van der Waals surface area (Å²) < 4.78 is 0. The minimum Gasteiger partial charge on any atom is -0.481 e. The summed E-state index contributed by atoms with van der Waals surface area (Å²) in [6, 6.07) is -0.505. The molecule has 0 aromatic carbocycles. The second-order valence-corrected chi connectivity index (χ2v) is 6.16. The van der Waals surface area contributed by atoms with Crippen LogP contribution in [0.1, 0.15) is 78.1 Å². The Morgan fingerprint density at radius 2 is 1.54 bits per heavy atom. The maximum Gasteiger partial charge on any atom is 0.320 e. The molecule has 154 valence electrons. The summed E-state index contributed by atoms with van der Waals surface area (Å²) in [4.78, 5) is 24.6. The first-order valence-electron chi connectivity index (χ1n) is 9.58. The van der Waals surface area contributed by atoms with Crippen LogP contribution in [-0.4, -0.2) is 47.2 Å². The van der Waals surface area contributed by atoms with E-state index < -0.39 is 18.0 Å². The van der Waals surface area contributed by atoms with Gasteiger partial charge >= 0.3 is 11.9 Å². The molecular weight excluding hydrogens is 336 g/mol. The van der Waals surface area contributed by atoms with E-state index in [0.717, 1.165) is 12.8 Å². The van der Waals surface area contributed by atoms with Crippen molar-refractivity contribution in [2.75, 3.05) is 13.1 Å². The van der Waals surface area contributed by atoms with Crippen LogP contribution in [0, 0.1) is 0 Å². The molecule has 8 nitrogen and oxygen atoms in total. The van der Waals surface area contributed by atoms with Crippen molar-refractivity contribution in [3.05, 3.63) is 0 Å². The molecular formula is C18H38N4O4. The van der Waals surface area contributed by atoms with Gasteiger partial charge in [-0.25, -0.2) is 0 Å². The molecule has 0 saturated carbocycles. The van der Waals surface area contributed by atoms with Gasteiger partial charge in [0, 0.05) is 13.0 Å². The summed E-state index contributed by atoms with van der Waals surface area (Å²) in [5.41, 5.74) is 10.2. The molecule has 0 spiro atoms. The van der Waals surface area contributed by atoms with Crippen LogP contribution in [0.2, 0.25) is 0 Å². The van der Waals surface area contributed by atoms with Crippen molar-refractivity contribution in [2.24, 2.45) is 16.5 Å². The third kappa shape index (κ3) is 22.2. The lowest BCUT2D eigenvalue weighted by atomic mass is 10.1. The van der Waals surface area contributed by atoms with Crippen LogP contribution in [0.5, 0.6) is 0 Å². The minimum atomic E-state index is -0.837. The molecule has 26 heavy (non-hydrogen) atoms. The van der Waals surface area contributed by atoms with Crippen molar-refractivity contribution < 1.29 is 19.8 Å². The molecule has 1 unspecified atom stereocenters. The van der Waals surface area contributed by atoms with Gasteiger partial charge in [-0.1, -0.05) is 52.4 Å². The highest BCUT2D eigenvalue weighted by atomic mass is 16.4. The lowest BCUT2D eigenvalue weighted by molar-refractivity contribution is -0.140. The summed E-state index contributed by atoms with van der Waals surface area (Å²) in [5.74, 6) is -1.46. The first-order chi connectivity index (χ1) is 12.3. The van der Waals surface area contributed by atoms with Gasteiger partial charge in [-0.05, 0) is 25.8 Å². The highest BCUT2D eigenvalue weighted by Gasteiger charge is 2.14. The van der Waals surface area contributed by atoms with E-state index in [4.69, 9.17) is 21.7 Å². The van der Waals surface area contributed by atoms with Crippen molar-refractivity contribution in [3.63, 3.8) is 0 Å². The smallest absolute Gasteiger partial charge is 0.320 e. The van der Waals surface area contributed by atoms with Crippen LogP contribution in [0.4, 0.5) is 0 Å². The molecule has 0 fully saturated rings. The summed E-state index contributed by atoms with van der Waals surface area (Å²) in [6.45, 7) is 5.17. The Morgan fingerprint density at radius 3 is 2.00 bits per heavy atom. The number of carbonyl (C=O) groups is 2. The molecule has 0 saturated heterocycles. The van der Waals surface area contributed by atoms with Gasteiger partial charge in [-0.3, -0.25) is 14.6 Å². The zero-order valence-electron chi connectivity index (χ0n) is 16.4. The molecule has 8 heteroatoms. The zero-order valence-corrected chi connectivity index (χ0v) is 16.4. The summed E-state index contributed by atoms with van der Waals surface area (Å²) >= 11 is 0.